The smallest absolute Gasteiger partial charge is 0.213 e. The highest BCUT2D eigenvalue weighted by Gasteiger charge is 2.28. The molecule has 1 saturated heterocycles. The van der Waals surface area contributed by atoms with Crippen LogP contribution in [0.1, 0.15) is 44.1 Å². The number of sulfone groups is 1. The second-order valence-electron chi connectivity index (χ2n) is 7.05. The molecule has 2 N–H and O–H groups in total. The van der Waals surface area contributed by atoms with E-state index in [1.54, 1.807) is 13.2 Å². The Balaban J connectivity index is 1.46. The first kappa shape index (κ1) is 18.9. The Hall–Kier alpha value is -1.83. The maximum atomic E-state index is 11.5. The van der Waals surface area contributed by atoms with E-state index < -0.39 is 9.84 Å². The van der Waals surface area contributed by atoms with Crippen LogP contribution in [0.3, 0.4) is 0 Å². The quantitative estimate of drug-likeness (QED) is 0.596. The minimum Gasteiger partial charge on any atom is -0.474 e. The third-order valence-electron chi connectivity index (χ3n) is 4.89. The molecular formula is C18H28N4O3S. The van der Waals surface area contributed by atoms with Crippen molar-refractivity contribution in [1.29, 1.82) is 0 Å². The van der Waals surface area contributed by atoms with Gasteiger partial charge in [0.15, 0.2) is 15.8 Å². The van der Waals surface area contributed by atoms with Crippen LogP contribution in [0.5, 0.6) is 5.88 Å². The number of guanidine groups is 1. The molecule has 0 spiro atoms. The Morgan fingerprint density at radius 1 is 1.27 bits per heavy atom. The molecule has 1 aliphatic heterocycles. The summed E-state index contributed by atoms with van der Waals surface area (Å²) in [6.45, 7) is 0.565. The number of nitrogens with one attached hydrogen (secondary N) is 2. The monoisotopic (exact) mass is 380 g/mol. The van der Waals surface area contributed by atoms with Crippen LogP contribution < -0.4 is 15.4 Å². The van der Waals surface area contributed by atoms with E-state index in [1.807, 2.05) is 12.1 Å². The van der Waals surface area contributed by atoms with Crippen LogP contribution in [0.15, 0.2) is 23.3 Å². The fourth-order valence-electron chi connectivity index (χ4n) is 3.42. The molecular weight excluding hydrogens is 352 g/mol. The van der Waals surface area contributed by atoms with Crippen molar-refractivity contribution in [3.05, 3.63) is 23.9 Å². The number of aliphatic imine (C=N–C) groups is 1. The minimum atomic E-state index is -2.90. The van der Waals surface area contributed by atoms with E-state index in [1.165, 1.54) is 19.3 Å². The zero-order valence-corrected chi connectivity index (χ0v) is 16.1. The highest BCUT2D eigenvalue weighted by molar-refractivity contribution is 7.91. The van der Waals surface area contributed by atoms with Gasteiger partial charge in [0.25, 0.3) is 0 Å². The van der Waals surface area contributed by atoms with Gasteiger partial charge in [-0.1, -0.05) is 12.5 Å². The number of pyridine rings is 1. The first-order valence-corrected chi connectivity index (χ1v) is 11.2. The summed E-state index contributed by atoms with van der Waals surface area (Å²) in [6, 6.07) is 3.83. The molecule has 1 aromatic heterocycles. The van der Waals surface area contributed by atoms with Gasteiger partial charge in [0, 0.05) is 31.9 Å². The summed E-state index contributed by atoms with van der Waals surface area (Å²) in [6.07, 6.45) is 8.73. The molecule has 1 unspecified atom stereocenters. The van der Waals surface area contributed by atoms with Crippen molar-refractivity contribution in [1.82, 2.24) is 15.6 Å². The molecule has 0 aromatic carbocycles. The molecule has 1 saturated carbocycles. The van der Waals surface area contributed by atoms with Crippen molar-refractivity contribution in [2.24, 2.45) is 4.99 Å². The molecule has 2 fully saturated rings. The predicted molar refractivity (Wildman–Crippen MR) is 102 cm³/mol. The molecule has 0 bridgehead atoms. The van der Waals surface area contributed by atoms with Crippen LogP contribution in [0.25, 0.3) is 0 Å². The summed E-state index contributed by atoms with van der Waals surface area (Å²) in [4.78, 5) is 8.56. The average molecular weight is 381 g/mol. The van der Waals surface area contributed by atoms with Crippen molar-refractivity contribution in [2.45, 2.75) is 57.2 Å². The van der Waals surface area contributed by atoms with Gasteiger partial charge in [-0.3, -0.25) is 4.99 Å². The van der Waals surface area contributed by atoms with Crippen molar-refractivity contribution >= 4 is 15.8 Å². The zero-order valence-electron chi connectivity index (χ0n) is 15.3. The first-order chi connectivity index (χ1) is 12.5. The van der Waals surface area contributed by atoms with Gasteiger partial charge >= 0.3 is 0 Å². The van der Waals surface area contributed by atoms with Crippen molar-refractivity contribution in [3.63, 3.8) is 0 Å². The highest BCUT2D eigenvalue weighted by Crippen LogP contribution is 2.22. The van der Waals surface area contributed by atoms with Gasteiger partial charge in [-0.25, -0.2) is 13.4 Å². The summed E-state index contributed by atoms with van der Waals surface area (Å²) in [5.74, 6) is 1.70. The lowest BCUT2D eigenvalue weighted by atomic mass is 9.98. The third-order valence-corrected chi connectivity index (χ3v) is 6.66. The van der Waals surface area contributed by atoms with Crippen molar-refractivity contribution < 1.29 is 13.2 Å². The summed E-state index contributed by atoms with van der Waals surface area (Å²) in [5.41, 5.74) is 1.02. The number of nitrogens with zero attached hydrogens (tertiary/aromatic N) is 2. The van der Waals surface area contributed by atoms with Gasteiger partial charge in [0.2, 0.25) is 5.88 Å². The Kier molecular flexibility index (Phi) is 6.34. The molecule has 7 nitrogen and oxygen atoms in total. The van der Waals surface area contributed by atoms with E-state index in [2.05, 4.69) is 20.6 Å². The molecule has 2 heterocycles. The van der Waals surface area contributed by atoms with Crippen LogP contribution >= 0.6 is 0 Å². The Morgan fingerprint density at radius 2 is 2.08 bits per heavy atom. The largest absolute Gasteiger partial charge is 0.474 e. The fraction of sp³-hybridized carbons (Fsp3) is 0.667. The first-order valence-electron chi connectivity index (χ1n) is 9.33. The van der Waals surface area contributed by atoms with Gasteiger partial charge in [0.05, 0.1) is 11.5 Å². The van der Waals surface area contributed by atoms with Gasteiger partial charge in [-0.15, -0.1) is 0 Å². The van der Waals surface area contributed by atoms with Crippen LogP contribution in [-0.2, 0) is 16.4 Å². The van der Waals surface area contributed by atoms with E-state index in [9.17, 15) is 8.42 Å². The summed E-state index contributed by atoms with van der Waals surface area (Å²) < 4.78 is 29.0. The Bertz CT molecular complexity index is 712. The normalized spacial score (nSPS) is 23.6. The topological polar surface area (TPSA) is 92.7 Å². The maximum absolute atomic E-state index is 11.5. The average Bonchev–Trinajstić information content (AvgIpc) is 2.99. The second-order valence-corrected chi connectivity index (χ2v) is 9.28. The molecule has 8 heteroatoms. The molecule has 2 aliphatic rings. The second kappa shape index (κ2) is 8.70. The molecule has 0 amide bonds. The lowest BCUT2D eigenvalue weighted by Crippen LogP contribution is -2.43. The van der Waals surface area contributed by atoms with E-state index in [0.29, 0.717) is 30.9 Å². The third kappa shape index (κ3) is 5.59. The molecule has 26 heavy (non-hydrogen) atoms. The van der Waals surface area contributed by atoms with E-state index >= 15 is 0 Å². The molecule has 0 radical (unpaired) electrons. The Labute approximate surface area is 155 Å². The standard InChI is InChI=1S/C18H28N4O3S/c1-19-18(22-15-9-10-26(23,24)13-15)21-12-14-7-8-17(20-11-14)25-16-5-3-2-4-6-16/h7-8,11,15-16H,2-6,9-10,12-13H2,1H3,(H2,19,21,22). The van der Waals surface area contributed by atoms with E-state index in [0.717, 1.165) is 18.4 Å². The predicted octanol–water partition coefficient (Wildman–Crippen LogP) is 1.65. The van der Waals surface area contributed by atoms with Crippen LogP contribution in [-0.4, -0.2) is 50.1 Å². The minimum absolute atomic E-state index is 0.0735. The zero-order chi connectivity index (χ0) is 18.4. The van der Waals surface area contributed by atoms with Gasteiger partial charge in [-0.05, 0) is 37.7 Å². The van der Waals surface area contributed by atoms with Crippen molar-refractivity contribution in [3.8, 4) is 5.88 Å². The van der Waals surface area contributed by atoms with Crippen LogP contribution in [0.4, 0.5) is 0 Å². The van der Waals surface area contributed by atoms with Crippen LogP contribution in [0, 0.1) is 0 Å². The lowest BCUT2D eigenvalue weighted by Gasteiger charge is -2.22. The Morgan fingerprint density at radius 3 is 2.69 bits per heavy atom. The van der Waals surface area contributed by atoms with Gasteiger partial charge < -0.3 is 15.4 Å². The molecule has 144 valence electrons. The fourth-order valence-corrected chi connectivity index (χ4v) is 5.09. The SMILES string of the molecule is CN=C(NCc1ccc(OC2CCCCC2)nc1)NC1CCS(=O)(=O)C1. The van der Waals surface area contributed by atoms with Gasteiger partial charge in [0.1, 0.15) is 6.10 Å². The molecule has 1 atom stereocenters. The van der Waals surface area contributed by atoms with E-state index in [-0.39, 0.29) is 17.5 Å². The number of aromatic nitrogens is 1. The number of rotatable bonds is 5. The molecule has 1 aromatic rings. The molecule has 1 aliphatic carbocycles. The maximum Gasteiger partial charge on any atom is 0.213 e. The molecule has 3 rings (SSSR count). The van der Waals surface area contributed by atoms with Gasteiger partial charge in [-0.2, -0.15) is 0 Å². The van der Waals surface area contributed by atoms with Crippen LogP contribution in [0.2, 0.25) is 0 Å². The lowest BCUT2D eigenvalue weighted by molar-refractivity contribution is 0.148. The summed E-state index contributed by atoms with van der Waals surface area (Å²) >= 11 is 0. The number of hydrogen-bond acceptors (Lipinski definition) is 5. The van der Waals surface area contributed by atoms with Crippen molar-refractivity contribution in [2.75, 3.05) is 18.6 Å². The number of ether oxygens (including phenoxy) is 1. The highest BCUT2D eigenvalue weighted by atomic mass is 32.2. The number of hydrogen-bond donors (Lipinski definition) is 2. The summed E-state index contributed by atoms with van der Waals surface area (Å²) in [5, 5.41) is 6.38. The summed E-state index contributed by atoms with van der Waals surface area (Å²) in [7, 11) is -1.22. The van der Waals surface area contributed by atoms with E-state index in [4.69, 9.17) is 4.74 Å².